The number of methoxy groups -OCH3 is 1. The average molecular weight is 286 g/mol. The van der Waals surface area contributed by atoms with E-state index >= 15 is 0 Å². The van der Waals surface area contributed by atoms with Crippen molar-refractivity contribution in [3.05, 3.63) is 40.3 Å². The summed E-state index contributed by atoms with van der Waals surface area (Å²) in [6, 6.07) is 6.13. The number of alkyl halides is 3. The lowest BCUT2D eigenvalue weighted by molar-refractivity contribution is -0.140. The van der Waals surface area contributed by atoms with Crippen LogP contribution in [-0.2, 0) is 6.18 Å². The van der Waals surface area contributed by atoms with Gasteiger partial charge in [0.2, 0.25) is 0 Å². The van der Waals surface area contributed by atoms with E-state index in [1.165, 1.54) is 19.2 Å². The lowest BCUT2D eigenvalue weighted by atomic mass is 10.3. The van der Waals surface area contributed by atoms with E-state index in [9.17, 15) is 18.0 Å². The van der Waals surface area contributed by atoms with Crippen LogP contribution in [0.5, 0.6) is 5.75 Å². The van der Waals surface area contributed by atoms with Gasteiger partial charge in [-0.2, -0.15) is 18.3 Å². The predicted molar refractivity (Wildman–Crippen MR) is 63.6 cm³/mol. The summed E-state index contributed by atoms with van der Waals surface area (Å²) < 4.78 is 42.7. The van der Waals surface area contributed by atoms with Gasteiger partial charge in [0.1, 0.15) is 5.75 Å². The van der Waals surface area contributed by atoms with Crippen LogP contribution in [0.2, 0.25) is 0 Å². The Morgan fingerprint density at radius 1 is 1.10 bits per heavy atom. The Morgan fingerprint density at radius 3 is 2.30 bits per heavy atom. The predicted octanol–water partition coefficient (Wildman–Crippen LogP) is 3.15. The van der Waals surface area contributed by atoms with Crippen molar-refractivity contribution in [2.24, 2.45) is 10.2 Å². The molecule has 2 aromatic rings. The molecule has 106 valence electrons. The molecule has 2 N–H and O–H groups in total. The quantitative estimate of drug-likeness (QED) is 0.850. The number of H-pyrrole nitrogens is 2. The molecule has 0 aliphatic carbocycles. The molecular weight excluding hydrogens is 277 g/mol. The van der Waals surface area contributed by atoms with Crippen LogP contribution < -0.4 is 10.3 Å². The number of nitrogens with zero attached hydrogens (tertiary/aromatic N) is 2. The summed E-state index contributed by atoms with van der Waals surface area (Å²) in [6.45, 7) is 0. The fourth-order valence-electron chi connectivity index (χ4n) is 1.41. The number of rotatable bonds is 3. The number of hydrogen-bond acceptors (Lipinski definition) is 4. The van der Waals surface area contributed by atoms with Crippen molar-refractivity contribution in [3.8, 4) is 5.75 Å². The van der Waals surface area contributed by atoms with Crippen molar-refractivity contribution in [2.45, 2.75) is 6.18 Å². The second kappa shape index (κ2) is 5.19. The van der Waals surface area contributed by atoms with Crippen LogP contribution in [0.1, 0.15) is 5.69 Å². The molecule has 20 heavy (non-hydrogen) atoms. The number of aromatic amines is 2. The Labute approximate surface area is 110 Å². The molecule has 1 heterocycles. The van der Waals surface area contributed by atoms with Gasteiger partial charge in [-0.15, -0.1) is 5.11 Å². The summed E-state index contributed by atoms with van der Waals surface area (Å²) in [4.78, 5) is 11.2. The molecule has 0 saturated heterocycles. The van der Waals surface area contributed by atoms with Crippen molar-refractivity contribution in [3.63, 3.8) is 0 Å². The maximum absolute atomic E-state index is 12.6. The topological polar surface area (TPSA) is 82.6 Å². The SMILES string of the molecule is COc1ccc(N=Nc2c(C(F)(F)F)[nH][nH]c2=O)cc1. The minimum absolute atomic E-state index is 0.291. The monoisotopic (exact) mass is 286 g/mol. The maximum Gasteiger partial charge on any atom is 0.435 e. The van der Waals surface area contributed by atoms with Gasteiger partial charge < -0.3 is 4.74 Å². The molecule has 1 aromatic carbocycles. The Balaban J connectivity index is 2.31. The molecule has 2 rings (SSSR count). The zero-order chi connectivity index (χ0) is 14.8. The molecule has 0 aliphatic rings. The smallest absolute Gasteiger partial charge is 0.435 e. The maximum atomic E-state index is 12.6. The average Bonchev–Trinajstić information content (AvgIpc) is 2.78. The van der Waals surface area contributed by atoms with E-state index in [0.717, 1.165) is 0 Å². The van der Waals surface area contributed by atoms with Crippen LogP contribution in [0.4, 0.5) is 24.5 Å². The first-order chi connectivity index (χ1) is 9.41. The van der Waals surface area contributed by atoms with Crippen molar-refractivity contribution in [1.82, 2.24) is 10.2 Å². The van der Waals surface area contributed by atoms with E-state index in [1.807, 2.05) is 5.10 Å². The lowest BCUT2D eigenvalue weighted by Gasteiger charge is -2.02. The van der Waals surface area contributed by atoms with Crippen LogP contribution in [-0.4, -0.2) is 17.3 Å². The highest BCUT2D eigenvalue weighted by molar-refractivity contribution is 5.44. The minimum Gasteiger partial charge on any atom is -0.497 e. The fraction of sp³-hybridized carbons (Fsp3) is 0.182. The van der Waals surface area contributed by atoms with Gasteiger partial charge in [-0.25, -0.2) is 0 Å². The highest BCUT2D eigenvalue weighted by Gasteiger charge is 2.37. The zero-order valence-electron chi connectivity index (χ0n) is 10.2. The molecule has 0 bridgehead atoms. The first-order valence-corrected chi connectivity index (χ1v) is 5.35. The molecular formula is C11H9F3N4O2. The molecule has 0 unspecified atom stereocenters. The van der Waals surface area contributed by atoms with Crippen molar-refractivity contribution in [2.75, 3.05) is 7.11 Å². The zero-order valence-corrected chi connectivity index (χ0v) is 10.2. The molecule has 6 nitrogen and oxygen atoms in total. The van der Waals surface area contributed by atoms with Crippen LogP contribution >= 0.6 is 0 Å². The first-order valence-electron chi connectivity index (χ1n) is 5.35. The molecule has 0 fully saturated rings. The molecule has 0 spiro atoms. The third-order valence-corrected chi connectivity index (χ3v) is 2.37. The summed E-state index contributed by atoms with van der Waals surface area (Å²) in [7, 11) is 1.48. The van der Waals surface area contributed by atoms with Gasteiger partial charge >= 0.3 is 6.18 Å². The number of aromatic nitrogens is 2. The summed E-state index contributed by atoms with van der Waals surface area (Å²) in [5.74, 6) is 0.569. The van der Waals surface area contributed by atoms with Crippen molar-refractivity contribution >= 4 is 11.4 Å². The van der Waals surface area contributed by atoms with Gasteiger partial charge in [0.25, 0.3) is 5.56 Å². The number of ether oxygens (including phenoxy) is 1. The third kappa shape index (κ3) is 2.87. The van der Waals surface area contributed by atoms with Crippen LogP contribution in [0.15, 0.2) is 39.3 Å². The Morgan fingerprint density at radius 2 is 1.75 bits per heavy atom. The second-order valence-electron chi connectivity index (χ2n) is 3.70. The largest absolute Gasteiger partial charge is 0.497 e. The number of hydrogen-bond donors (Lipinski definition) is 2. The van der Waals surface area contributed by atoms with E-state index in [1.54, 1.807) is 17.2 Å². The molecule has 0 saturated carbocycles. The van der Waals surface area contributed by atoms with E-state index in [0.29, 0.717) is 11.4 Å². The van der Waals surface area contributed by atoms with E-state index in [4.69, 9.17) is 4.74 Å². The van der Waals surface area contributed by atoms with Crippen molar-refractivity contribution < 1.29 is 17.9 Å². The molecule has 0 amide bonds. The van der Waals surface area contributed by atoms with Crippen LogP contribution in [0.3, 0.4) is 0 Å². The number of halogens is 3. The summed E-state index contributed by atoms with van der Waals surface area (Å²) in [5.41, 5.74) is -2.78. The van der Waals surface area contributed by atoms with Gasteiger partial charge in [-0.3, -0.25) is 15.0 Å². The Bertz CT molecular complexity index is 670. The molecule has 0 aliphatic heterocycles. The Kier molecular flexibility index (Phi) is 3.59. The standard InChI is InChI=1S/C11H9F3N4O2/c1-20-7-4-2-6(3-5-7)15-16-8-9(11(12,13)14)17-18-10(8)19/h2-5H,1H3,(H2,17,18,19). The van der Waals surface area contributed by atoms with Gasteiger partial charge in [-0.05, 0) is 24.3 Å². The number of benzene rings is 1. The van der Waals surface area contributed by atoms with E-state index < -0.39 is 23.1 Å². The normalized spacial score (nSPS) is 12.0. The van der Waals surface area contributed by atoms with Gasteiger partial charge in [-0.1, -0.05) is 0 Å². The highest BCUT2D eigenvalue weighted by atomic mass is 19.4. The minimum atomic E-state index is -4.71. The van der Waals surface area contributed by atoms with E-state index in [-0.39, 0.29) is 0 Å². The Hall–Kier alpha value is -2.58. The van der Waals surface area contributed by atoms with Gasteiger partial charge in [0.15, 0.2) is 11.4 Å². The van der Waals surface area contributed by atoms with Gasteiger partial charge in [0.05, 0.1) is 12.8 Å². The highest BCUT2D eigenvalue weighted by Crippen LogP contribution is 2.33. The third-order valence-electron chi connectivity index (χ3n) is 2.37. The molecule has 1 aromatic heterocycles. The summed E-state index contributed by atoms with van der Waals surface area (Å²) in [5, 5.41) is 10.5. The molecule has 0 atom stereocenters. The van der Waals surface area contributed by atoms with Crippen LogP contribution in [0, 0.1) is 0 Å². The van der Waals surface area contributed by atoms with Crippen LogP contribution in [0.25, 0.3) is 0 Å². The number of azo groups is 1. The first kappa shape index (κ1) is 13.8. The molecule has 9 heteroatoms. The summed E-state index contributed by atoms with van der Waals surface area (Å²) in [6.07, 6.45) is -4.71. The van der Waals surface area contributed by atoms with E-state index in [2.05, 4.69) is 10.2 Å². The lowest BCUT2D eigenvalue weighted by Crippen LogP contribution is -2.06. The molecule has 0 radical (unpaired) electrons. The van der Waals surface area contributed by atoms with Gasteiger partial charge in [0, 0.05) is 0 Å². The van der Waals surface area contributed by atoms with Crippen molar-refractivity contribution in [1.29, 1.82) is 0 Å². The number of nitrogens with one attached hydrogen (secondary N) is 2. The second-order valence-corrected chi connectivity index (χ2v) is 3.70. The fourth-order valence-corrected chi connectivity index (χ4v) is 1.41. The summed E-state index contributed by atoms with van der Waals surface area (Å²) >= 11 is 0.